The Bertz CT molecular complexity index is 845. The second-order valence-electron chi connectivity index (χ2n) is 9.31. The van der Waals surface area contributed by atoms with Crippen molar-refractivity contribution in [2.75, 3.05) is 36.5 Å². The number of aliphatic hydroxyl groups is 1. The zero-order chi connectivity index (χ0) is 22.7. The molecule has 176 valence electrons. The van der Waals surface area contributed by atoms with Crippen LogP contribution in [0.4, 0.5) is 16.3 Å². The summed E-state index contributed by atoms with van der Waals surface area (Å²) in [5.74, 6) is 0.891. The highest BCUT2D eigenvalue weighted by molar-refractivity contribution is 6.33. The number of carbonyl (C=O) groups excluding carboxylic acids is 2. The minimum absolute atomic E-state index is 0.220. The molecule has 2 N–H and O–H groups in total. The molecule has 9 heteroatoms. The van der Waals surface area contributed by atoms with E-state index in [1.165, 1.54) is 0 Å². The number of nitrogens with zero attached hydrogens (tertiary/aromatic N) is 3. The summed E-state index contributed by atoms with van der Waals surface area (Å²) in [5, 5.41) is 12.9. The van der Waals surface area contributed by atoms with E-state index in [1.54, 1.807) is 12.3 Å². The average molecular weight is 465 g/mol. The van der Waals surface area contributed by atoms with Crippen molar-refractivity contribution in [3.63, 3.8) is 0 Å². The van der Waals surface area contributed by atoms with E-state index in [2.05, 4.69) is 20.1 Å². The Hall–Kier alpha value is -2.06. The standard InChI is InChI=1S/C23H33ClN4O4/c1-2-12-32-22(31)26-16-13-19(24)20(25-14-16)27-10-3-8-23(15-27)9-11-28(21(23)30)17-4-6-18(29)7-5-17/h13-14,17-18,29H,2-12,15H2,1H3,(H,26,31)/t17?,18?,23-/m1/s1. The fraction of sp³-hybridized carbons (Fsp3) is 0.696. The van der Waals surface area contributed by atoms with E-state index >= 15 is 0 Å². The number of rotatable bonds is 5. The maximum Gasteiger partial charge on any atom is 0.411 e. The van der Waals surface area contributed by atoms with Gasteiger partial charge in [-0.15, -0.1) is 0 Å². The molecule has 0 bridgehead atoms. The van der Waals surface area contributed by atoms with E-state index in [9.17, 15) is 14.7 Å². The molecule has 2 aliphatic heterocycles. The Kier molecular flexibility index (Phi) is 7.10. The summed E-state index contributed by atoms with van der Waals surface area (Å²) in [6.45, 7) is 4.48. The van der Waals surface area contributed by atoms with Gasteiger partial charge in [0.05, 0.1) is 35.0 Å². The minimum atomic E-state index is -0.527. The first kappa shape index (κ1) is 23.1. The summed E-state index contributed by atoms with van der Waals surface area (Å²) >= 11 is 6.53. The van der Waals surface area contributed by atoms with Crippen LogP contribution in [0.3, 0.4) is 0 Å². The zero-order valence-electron chi connectivity index (χ0n) is 18.7. The lowest BCUT2D eigenvalue weighted by Gasteiger charge is -2.41. The first-order valence-electron chi connectivity index (χ1n) is 11.8. The summed E-state index contributed by atoms with van der Waals surface area (Å²) < 4.78 is 5.04. The number of hydrogen-bond acceptors (Lipinski definition) is 6. The molecule has 2 amide bonds. The zero-order valence-corrected chi connectivity index (χ0v) is 19.4. The maximum absolute atomic E-state index is 13.5. The summed E-state index contributed by atoms with van der Waals surface area (Å²) in [5.41, 5.74) is 0.0920. The number of carbonyl (C=O) groups is 2. The number of anilines is 2. The fourth-order valence-corrected chi connectivity index (χ4v) is 5.62. The topological polar surface area (TPSA) is 95.0 Å². The lowest BCUT2D eigenvalue weighted by atomic mass is 9.78. The van der Waals surface area contributed by atoms with Gasteiger partial charge in [0.15, 0.2) is 0 Å². The van der Waals surface area contributed by atoms with Gasteiger partial charge in [-0.05, 0) is 57.4 Å². The van der Waals surface area contributed by atoms with E-state index in [1.807, 2.05) is 6.92 Å². The van der Waals surface area contributed by atoms with Gasteiger partial charge in [0.2, 0.25) is 5.91 Å². The molecular weight excluding hydrogens is 432 g/mol. The van der Waals surface area contributed by atoms with Crippen molar-refractivity contribution < 1.29 is 19.4 Å². The van der Waals surface area contributed by atoms with Crippen molar-refractivity contribution >= 4 is 35.1 Å². The smallest absolute Gasteiger partial charge is 0.411 e. The minimum Gasteiger partial charge on any atom is -0.449 e. The molecule has 1 saturated carbocycles. The van der Waals surface area contributed by atoms with Crippen LogP contribution in [0.2, 0.25) is 5.02 Å². The van der Waals surface area contributed by atoms with Crippen molar-refractivity contribution in [3.8, 4) is 0 Å². The van der Waals surface area contributed by atoms with Crippen LogP contribution in [0.15, 0.2) is 12.3 Å². The van der Waals surface area contributed by atoms with Gasteiger partial charge in [-0.3, -0.25) is 10.1 Å². The molecule has 2 saturated heterocycles. The van der Waals surface area contributed by atoms with Crippen molar-refractivity contribution in [1.82, 2.24) is 9.88 Å². The molecule has 3 aliphatic rings. The van der Waals surface area contributed by atoms with Gasteiger partial charge in [-0.2, -0.15) is 0 Å². The van der Waals surface area contributed by atoms with Crippen LogP contribution in [0.5, 0.6) is 0 Å². The van der Waals surface area contributed by atoms with Gasteiger partial charge in [-0.1, -0.05) is 18.5 Å². The molecule has 0 unspecified atom stereocenters. The van der Waals surface area contributed by atoms with E-state index in [4.69, 9.17) is 16.3 Å². The SMILES string of the molecule is CCCOC(=O)Nc1cnc(N2CCC[C@@]3(CCN(C4CCC(O)CC4)C3=O)C2)c(Cl)c1. The number of halogens is 1. The molecule has 3 heterocycles. The third-order valence-electron chi connectivity index (χ3n) is 7.03. The number of aliphatic hydroxyl groups excluding tert-OH is 1. The molecule has 0 radical (unpaired) electrons. The van der Waals surface area contributed by atoms with Crippen LogP contribution < -0.4 is 10.2 Å². The third kappa shape index (κ3) is 4.81. The van der Waals surface area contributed by atoms with Gasteiger partial charge >= 0.3 is 6.09 Å². The summed E-state index contributed by atoms with van der Waals surface area (Å²) in [6, 6.07) is 1.93. The van der Waals surface area contributed by atoms with Gasteiger partial charge in [0, 0.05) is 25.7 Å². The number of ether oxygens (including phenoxy) is 1. The Balaban J connectivity index is 1.42. The third-order valence-corrected chi connectivity index (χ3v) is 7.31. The van der Waals surface area contributed by atoms with E-state index in [0.717, 1.165) is 64.5 Å². The van der Waals surface area contributed by atoms with Crippen LogP contribution in [0.1, 0.15) is 58.3 Å². The van der Waals surface area contributed by atoms with Crippen molar-refractivity contribution in [3.05, 3.63) is 17.3 Å². The molecule has 1 atom stereocenters. The molecule has 1 spiro atoms. The fourth-order valence-electron chi connectivity index (χ4n) is 5.34. The number of pyridine rings is 1. The number of nitrogens with one attached hydrogen (secondary N) is 1. The average Bonchev–Trinajstić information content (AvgIpc) is 3.08. The molecule has 3 fully saturated rings. The van der Waals surface area contributed by atoms with Gasteiger partial charge in [0.25, 0.3) is 0 Å². The van der Waals surface area contributed by atoms with E-state index in [-0.39, 0.29) is 23.5 Å². The van der Waals surface area contributed by atoms with E-state index in [0.29, 0.717) is 29.7 Å². The maximum atomic E-state index is 13.5. The summed E-state index contributed by atoms with van der Waals surface area (Å²) in [4.78, 5) is 34.0. The van der Waals surface area contributed by atoms with Crippen molar-refractivity contribution in [1.29, 1.82) is 0 Å². The molecule has 1 aromatic heterocycles. The Morgan fingerprint density at radius 2 is 2.09 bits per heavy atom. The lowest BCUT2D eigenvalue weighted by Crippen LogP contribution is -2.50. The summed E-state index contributed by atoms with van der Waals surface area (Å²) in [6.07, 6.45) is 7.54. The Morgan fingerprint density at radius 1 is 1.31 bits per heavy atom. The summed E-state index contributed by atoms with van der Waals surface area (Å²) in [7, 11) is 0. The molecule has 32 heavy (non-hydrogen) atoms. The number of piperidine rings is 1. The quantitative estimate of drug-likeness (QED) is 0.687. The highest BCUT2D eigenvalue weighted by Gasteiger charge is 2.51. The molecule has 4 rings (SSSR count). The highest BCUT2D eigenvalue weighted by atomic mass is 35.5. The predicted octanol–water partition coefficient (Wildman–Crippen LogP) is 3.82. The first-order chi connectivity index (χ1) is 15.4. The molecule has 0 aromatic carbocycles. The second-order valence-corrected chi connectivity index (χ2v) is 9.71. The van der Waals surface area contributed by atoms with Crippen molar-refractivity contribution in [2.45, 2.75) is 70.4 Å². The van der Waals surface area contributed by atoms with Gasteiger partial charge in [-0.25, -0.2) is 9.78 Å². The second kappa shape index (κ2) is 9.83. The van der Waals surface area contributed by atoms with Crippen LogP contribution in [0, 0.1) is 5.41 Å². The number of amides is 2. The number of aromatic nitrogens is 1. The Labute approximate surface area is 194 Å². The number of hydrogen-bond donors (Lipinski definition) is 2. The van der Waals surface area contributed by atoms with Crippen molar-refractivity contribution in [2.24, 2.45) is 5.41 Å². The molecule has 8 nitrogen and oxygen atoms in total. The highest BCUT2D eigenvalue weighted by Crippen LogP contribution is 2.44. The van der Waals surface area contributed by atoms with Gasteiger partial charge < -0.3 is 19.6 Å². The predicted molar refractivity (Wildman–Crippen MR) is 123 cm³/mol. The lowest BCUT2D eigenvalue weighted by molar-refractivity contribution is -0.139. The number of likely N-dealkylation sites (tertiary alicyclic amines) is 1. The molecule has 1 aliphatic carbocycles. The van der Waals surface area contributed by atoms with Crippen LogP contribution >= 0.6 is 11.6 Å². The van der Waals surface area contributed by atoms with E-state index < -0.39 is 6.09 Å². The molecular formula is C23H33ClN4O4. The molecule has 1 aromatic rings. The van der Waals surface area contributed by atoms with Crippen LogP contribution in [-0.4, -0.2) is 65.4 Å². The van der Waals surface area contributed by atoms with Crippen LogP contribution in [0.25, 0.3) is 0 Å². The van der Waals surface area contributed by atoms with Gasteiger partial charge in [0.1, 0.15) is 5.82 Å². The monoisotopic (exact) mass is 464 g/mol. The van der Waals surface area contributed by atoms with Crippen LogP contribution in [-0.2, 0) is 9.53 Å². The Morgan fingerprint density at radius 3 is 2.81 bits per heavy atom. The normalized spacial score (nSPS) is 28.3. The first-order valence-corrected chi connectivity index (χ1v) is 12.1. The largest absolute Gasteiger partial charge is 0.449 e.